The van der Waals surface area contributed by atoms with E-state index in [-0.39, 0.29) is 22.6 Å². The smallest absolute Gasteiger partial charge is 0.238 e. The highest BCUT2D eigenvalue weighted by molar-refractivity contribution is 7.92. The molecule has 1 aromatic carbocycles. The minimum Gasteiger partial charge on any atom is -0.376 e. The summed E-state index contributed by atoms with van der Waals surface area (Å²) in [6.45, 7) is 2.22. The third-order valence-corrected chi connectivity index (χ3v) is 5.93. The van der Waals surface area contributed by atoms with Crippen molar-refractivity contribution >= 4 is 27.3 Å². The Hall–Kier alpha value is -1.18. The molecule has 1 fully saturated rings. The second kappa shape index (κ2) is 6.93. The molecule has 1 amide bonds. The number of hydrogen-bond donors (Lipinski definition) is 1. The van der Waals surface area contributed by atoms with Gasteiger partial charge in [0.2, 0.25) is 5.91 Å². The van der Waals surface area contributed by atoms with Crippen molar-refractivity contribution in [2.45, 2.75) is 36.0 Å². The molecule has 0 unspecified atom stereocenters. The van der Waals surface area contributed by atoms with Crippen LogP contribution in [0.5, 0.6) is 0 Å². The standard InChI is InChI=1S/C14H17ClFNO4S/c1-9(14(18)17-8-10-3-2-6-21-10)22(19,20)11-4-5-13(16)12(15)7-11/h4-5,7,9-10H,2-3,6,8H2,1H3,(H,17,18)/t9-,10-/m1/s1. The molecule has 22 heavy (non-hydrogen) atoms. The summed E-state index contributed by atoms with van der Waals surface area (Å²) in [4.78, 5) is 11.8. The van der Waals surface area contributed by atoms with Crippen molar-refractivity contribution in [3.63, 3.8) is 0 Å². The first-order valence-corrected chi connectivity index (χ1v) is 8.83. The van der Waals surface area contributed by atoms with Crippen molar-refractivity contribution < 1.29 is 22.3 Å². The van der Waals surface area contributed by atoms with E-state index in [0.717, 1.165) is 31.0 Å². The second-order valence-corrected chi connectivity index (χ2v) is 7.82. The number of carbonyl (C=O) groups excluding carboxylic acids is 1. The number of amides is 1. The molecule has 1 heterocycles. The summed E-state index contributed by atoms with van der Waals surface area (Å²) >= 11 is 5.59. The number of benzene rings is 1. The van der Waals surface area contributed by atoms with Gasteiger partial charge in [-0.1, -0.05) is 11.6 Å². The van der Waals surface area contributed by atoms with Gasteiger partial charge < -0.3 is 10.1 Å². The van der Waals surface area contributed by atoms with E-state index in [9.17, 15) is 17.6 Å². The van der Waals surface area contributed by atoms with Crippen LogP contribution in [0.2, 0.25) is 5.02 Å². The zero-order valence-corrected chi connectivity index (χ0v) is 13.6. The van der Waals surface area contributed by atoms with Crippen LogP contribution in [0.1, 0.15) is 19.8 Å². The number of halogens is 2. The van der Waals surface area contributed by atoms with E-state index in [2.05, 4.69) is 5.32 Å². The molecule has 1 aromatic rings. The van der Waals surface area contributed by atoms with Gasteiger partial charge in [0, 0.05) is 13.2 Å². The molecule has 1 saturated heterocycles. The van der Waals surface area contributed by atoms with Crippen LogP contribution in [0.15, 0.2) is 23.1 Å². The summed E-state index contributed by atoms with van der Waals surface area (Å²) in [6, 6.07) is 3.07. The molecule has 0 bridgehead atoms. The van der Waals surface area contributed by atoms with Gasteiger partial charge in [-0.15, -0.1) is 0 Å². The van der Waals surface area contributed by atoms with Crippen molar-refractivity contribution in [2.75, 3.05) is 13.2 Å². The van der Waals surface area contributed by atoms with Gasteiger partial charge in [-0.25, -0.2) is 12.8 Å². The number of hydrogen-bond acceptors (Lipinski definition) is 4. The molecule has 8 heteroatoms. The van der Waals surface area contributed by atoms with Gasteiger partial charge in [0.05, 0.1) is 16.0 Å². The van der Waals surface area contributed by atoms with Crippen LogP contribution in [0, 0.1) is 5.82 Å². The molecular formula is C14H17ClFNO4S. The van der Waals surface area contributed by atoms with E-state index in [1.54, 1.807) is 0 Å². The first kappa shape index (κ1) is 17.2. The molecule has 1 aliphatic heterocycles. The lowest BCUT2D eigenvalue weighted by Gasteiger charge is -2.15. The Morgan fingerprint density at radius 2 is 2.27 bits per heavy atom. The lowest BCUT2D eigenvalue weighted by atomic mass is 10.2. The largest absolute Gasteiger partial charge is 0.376 e. The number of nitrogens with one attached hydrogen (secondary N) is 1. The Labute approximate surface area is 133 Å². The molecule has 2 rings (SSSR count). The predicted molar refractivity (Wildman–Crippen MR) is 80.0 cm³/mol. The molecule has 0 aromatic heterocycles. The van der Waals surface area contributed by atoms with Gasteiger partial charge in [0.25, 0.3) is 0 Å². The molecule has 2 atom stereocenters. The summed E-state index contributed by atoms with van der Waals surface area (Å²) < 4.78 is 43.2. The van der Waals surface area contributed by atoms with Gasteiger partial charge in [-0.2, -0.15) is 0 Å². The average Bonchev–Trinajstić information content (AvgIpc) is 3.00. The molecule has 1 N–H and O–H groups in total. The lowest BCUT2D eigenvalue weighted by Crippen LogP contribution is -2.41. The van der Waals surface area contributed by atoms with E-state index in [0.29, 0.717) is 6.61 Å². The Morgan fingerprint density at radius 3 is 2.86 bits per heavy atom. The normalized spacial score (nSPS) is 19.9. The van der Waals surface area contributed by atoms with Gasteiger partial charge in [0.1, 0.15) is 11.1 Å². The van der Waals surface area contributed by atoms with Gasteiger partial charge in [-0.05, 0) is 38.0 Å². The van der Waals surface area contributed by atoms with E-state index >= 15 is 0 Å². The van der Waals surface area contributed by atoms with Crippen molar-refractivity contribution in [3.05, 3.63) is 29.0 Å². The average molecular weight is 350 g/mol. The van der Waals surface area contributed by atoms with Crippen LogP contribution < -0.4 is 5.32 Å². The summed E-state index contributed by atoms with van der Waals surface area (Å²) in [7, 11) is -3.93. The molecule has 0 radical (unpaired) electrons. The van der Waals surface area contributed by atoms with Crippen LogP contribution in [0.4, 0.5) is 4.39 Å². The maximum atomic E-state index is 13.1. The van der Waals surface area contributed by atoms with Crippen LogP contribution in [0.3, 0.4) is 0 Å². The van der Waals surface area contributed by atoms with Crippen molar-refractivity contribution in [1.82, 2.24) is 5.32 Å². The molecule has 1 aliphatic rings. The van der Waals surface area contributed by atoms with Crippen molar-refractivity contribution in [3.8, 4) is 0 Å². The summed E-state index contributed by atoms with van der Waals surface area (Å²) in [6.07, 6.45) is 1.70. The minimum absolute atomic E-state index is 0.0703. The molecule has 0 saturated carbocycles. The molecular weight excluding hydrogens is 333 g/mol. The zero-order valence-electron chi connectivity index (χ0n) is 12.0. The first-order chi connectivity index (χ1) is 10.3. The predicted octanol–water partition coefficient (Wildman–Crippen LogP) is 1.94. The zero-order chi connectivity index (χ0) is 16.3. The van der Waals surface area contributed by atoms with E-state index < -0.39 is 26.8 Å². The highest BCUT2D eigenvalue weighted by Gasteiger charge is 2.30. The van der Waals surface area contributed by atoms with Gasteiger partial charge >= 0.3 is 0 Å². The maximum absolute atomic E-state index is 13.1. The molecule has 0 aliphatic carbocycles. The summed E-state index contributed by atoms with van der Waals surface area (Å²) in [5.41, 5.74) is 0. The van der Waals surface area contributed by atoms with Crippen LogP contribution in [0.25, 0.3) is 0 Å². The fourth-order valence-corrected chi connectivity index (χ4v) is 3.72. The minimum atomic E-state index is -3.93. The van der Waals surface area contributed by atoms with Gasteiger partial charge in [0.15, 0.2) is 9.84 Å². The van der Waals surface area contributed by atoms with E-state index in [1.807, 2.05) is 0 Å². The third-order valence-electron chi connectivity index (χ3n) is 3.58. The van der Waals surface area contributed by atoms with Crippen LogP contribution in [-0.4, -0.2) is 38.8 Å². The lowest BCUT2D eigenvalue weighted by molar-refractivity contribution is -0.120. The quantitative estimate of drug-likeness (QED) is 0.824. The number of rotatable bonds is 5. The Bertz CT molecular complexity index is 659. The molecule has 122 valence electrons. The molecule has 5 nitrogen and oxygen atoms in total. The Morgan fingerprint density at radius 1 is 1.55 bits per heavy atom. The summed E-state index contributed by atoms with van der Waals surface area (Å²) in [5, 5.41) is 0.982. The van der Waals surface area contributed by atoms with Crippen molar-refractivity contribution in [1.29, 1.82) is 0 Å². The number of ether oxygens (including phenoxy) is 1. The summed E-state index contributed by atoms with van der Waals surface area (Å²) in [5.74, 6) is -1.33. The maximum Gasteiger partial charge on any atom is 0.238 e. The second-order valence-electron chi connectivity index (χ2n) is 5.14. The Kier molecular flexibility index (Phi) is 5.41. The number of sulfone groups is 1. The first-order valence-electron chi connectivity index (χ1n) is 6.90. The highest BCUT2D eigenvalue weighted by atomic mass is 35.5. The van der Waals surface area contributed by atoms with Crippen molar-refractivity contribution in [2.24, 2.45) is 0 Å². The van der Waals surface area contributed by atoms with Gasteiger partial charge in [-0.3, -0.25) is 4.79 Å². The molecule has 0 spiro atoms. The Balaban J connectivity index is 2.06. The topological polar surface area (TPSA) is 72.5 Å². The van der Waals surface area contributed by atoms with Crippen LogP contribution >= 0.6 is 11.6 Å². The number of carbonyl (C=O) groups is 1. The third kappa shape index (κ3) is 3.77. The monoisotopic (exact) mass is 349 g/mol. The fourth-order valence-electron chi connectivity index (χ4n) is 2.16. The van der Waals surface area contributed by atoms with Crippen LogP contribution in [-0.2, 0) is 19.4 Å². The van der Waals surface area contributed by atoms with E-state index in [4.69, 9.17) is 16.3 Å². The van der Waals surface area contributed by atoms with E-state index in [1.165, 1.54) is 6.92 Å². The highest BCUT2D eigenvalue weighted by Crippen LogP contribution is 2.22. The SMILES string of the molecule is C[C@H](C(=O)NC[C@H]1CCCO1)S(=O)(=O)c1ccc(F)c(Cl)c1. The fraction of sp³-hybridized carbons (Fsp3) is 0.500.